The Labute approximate surface area is 155 Å². The number of carbonyl (C=O) groups excluding carboxylic acids is 2. The van der Waals surface area contributed by atoms with E-state index in [4.69, 9.17) is 0 Å². The van der Waals surface area contributed by atoms with Crippen LogP contribution >= 0.6 is 0 Å². The normalized spacial score (nSPS) is 12.9. The Morgan fingerprint density at radius 3 is 2.46 bits per heavy atom. The van der Waals surface area contributed by atoms with Crippen LogP contribution in [0.15, 0.2) is 48.5 Å². The van der Waals surface area contributed by atoms with Gasteiger partial charge in [-0.2, -0.15) is 0 Å². The van der Waals surface area contributed by atoms with Crippen LogP contribution in [-0.4, -0.2) is 31.4 Å². The lowest BCUT2D eigenvalue weighted by atomic mass is 10.1. The van der Waals surface area contributed by atoms with Crippen molar-refractivity contribution in [3.05, 3.63) is 65.2 Å². The van der Waals surface area contributed by atoms with Gasteiger partial charge < -0.3 is 15.5 Å². The van der Waals surface area contributed by atoms with E-state index in [2.05, 4.69) is 10.6 Å². The molecule has 138 valence electrons. The number of quaternary nitrogens is 1. The fraction of sp³-hybridized carbons (Fsp3) is 0.333. The molecule has 5 nitrogen and oxygen atoms in total. The number of carbonyl (C=O) groups is 2. The summed E-state index contributed by atoms with van der Waals surface area (Å²) >= 11 is 0. The minimum Gasteiger partial charge on any atom is -0.347 e. The average molecular weight is 354 g/mol. The van der Waals surface area contributed by atoms with Gasteiger partial charge in [0.2, 0.25) is 0 Å². The molecular weight excluding hydrogens is 326 g/mol. The molecule has 5 heteroatoms. The van der Waals surface area contributed by atoms with E-state index in [0.29, 0.717) is 6.54 Å². The van der Waals surface area contributed by atoms with E-state index in [-0.39, 0.29) is 24.4 Å². The van der Waals surface area contributed by atoms with Gasteiger partial charge in [-0.15, -0.1) is 0 Å². The van der Waals surface area contributed by atoms with Crippen LogP contribution in [0.1, 0.15) is 23.6 Å². The molecule has 2 aromatic rings. The number of rotatable bonds is 7. The Morgan fingerprint density at radius 2 is 1.77 bits per heavy atom. The molecule has 0 aliphatic carbocycles. The third kappa shape index (κ3) is 5.70. The number of hydrogen-bond donors (Lipinski definition) is 3. The Balaban J connectivity index is 1.85. The predicted octanol–water partition coefficient (Wildman–Crippen LogP) is 1.46. The predicted molar refractivity (Wildman–Crippen MR) is 104 cm³/mol. The van der Waals surface area contributed by atoms with Crippen LogP contribution in [0.25, 0.3) is 0 Å². The van der Waals surface area contributed by atoms with Crippen molar-refractivity contribution in [1.29, 1.82) is 0 Å². The topological polar surface area (TPSA) is 62.6 Å². The number of likely N-dealkylation sites (N-methyl/N-ethyl adjacent to an activating group) is 1. The molecule has 2 amide bonds. The van der Waals surface area contributed by atoms with Crippen molar-refractivity contribution in [3.8, 4) is 0 Å². The van der Waals surface area contributed by atoms with Gasteiger partial charge in [-0.1, -0.05) is 42.5 Å². The highest BCUT2D eigenvalue weighted by Crippen LogP contribution is 2.15. The van der Waals surface area contributed by atoms with Crippen molar-refractivity contribution in [1.82, 2.24) is 5.32 Å². The lowest BCUT2D eigenvalue weighted by Gasteiger charge is -2.21. The van der Waals surface area contributed by atoms with E-state index in [1.54, 1.807) is 0 Å². The molecule has 0 aliphatic rings. The molecule has 3 N–H and O–H groups in total. The Kier molecular flexibility index (Phi) is 6.92. The second-order valence-electron chi connectivity index (χ2n) is 6.81. The summed E-state index contributed by atoms with van der Waals surface area (Å²) in [5.41, 5.74) is 4.00. The largest absolute Gasteiger partial charge is 0.347 e. The highest BCUT2D eigenvalue weighted by Gasteiger charge is 2.23. The van der Waals surface area contributed by atoms with Gasteiger partial charge in [0.1, 0.15) is 0 Å². The van der Waals surface area contributed by atoms with Crippen LogP contribution < -0.4 is 15.5 Å². The van der Waals surface area contributed by atoms with Crippen molar-refractivity contribution < 1.29 is 14.5 Å². The SMILES string of the molecule is Cc1ccc(C)c(NC(=O)C[NH+](C)[C@H](C)C(=O)NCc2ccccc2)c1. The fourth-order valence-electron chi connectivity index (χ4n) is 2.63. The first-order chi connectivity index (χ1) is 12.4. The zero-order valence-electron chi connectivity index (χ0n) is 15.9. The Bertz CT molecular complexity index is 759. The van der Waals surface area contributed by atoms with Gasteiger partial charge >= 0.3 is 0 Å². The first-order valence-corrected chi connectivity index (χ1v) is 8.88. The van der Waals surface area contributed by atoms with E-state index in [9.17, 15) is 9.59 Å². The number of anilines is 1. The quantitative estimate of drug-likeness (QED) is 0.705. The third-order valence-electron chi connectivity index (χ3n) is 4.55. The van der Waals surface area contributed by atoms with Gasteiger partial charge in [0.15, 0.2) is 12.6 Å². The van der Waals surface area contributed by atoms with Crippen molar-refractivity contribution in [2.24, 2.45) is 0 Å². The molecule has 0 aromatic heterocycles. The summed E-state index contributed by atoms with van der Waals surface area (Å²) in [5, 5.41) is 5.87. The summed E-state index contributed by atoms with van der Waals surface area (Å²) < 4.78 is 0. The minimum absolute atomic E-state index is 0.0640. The van der Waals surface area contributed by atoms with Crippen LogP contribution in [0.5, 0.6) is 0 Å². The molecule has 0 saturated carbocycles. The summed E-state index contributed by atoms with van der Waals surface area (Å²) in [4.78, 5) is 25.5. The molecule has 0 radical (unpaired) electrons. The summed E-state index contributed by atoms with van der Waals surface area (Å²) in [7, 11) is 1.86. The number of hydrogen-bond acceptors (Lipinski definition) is 2. The smallest absolute Gasteiger partial charge is 0.279 e. The molecule has 0 saturated heterocycles. The highest BCUT2D eigenvalue weighted by atomic mass is 16.2. The van der Waals surface area contributed by atoms with E-state index in [1.807, 2.05) is 76.3 Å². The monoisotopic (exact) mass is 354 g/mol. The van der Waals surface area contributed by atoms with Crippen molar-refractivity contribution >= 4 is 17.5 Å². The molecule has 2 rings (SSSR count). The van der Waals surface area contributed by atoms with Crippen molar-refractivity contribution in [2.75, 3.05) is 18.9 Å². The lowest BCUT2D eigenvalue weighted by Crippen LogP contribution is -3.15. The molecule has 0 heterocycles. The second-order valence-corrected chi connectivity index (χ2v) is 6.81. The van der Waals surface area contributed by atoms with E-state index in [0.717, 1.165) is 27.3 Å². The van der Waals surface area contributed by atoms with Gasteiger partial charge in [-0.3, -0.25) is 9.59 Å². The molecule has 0 aliphatic heterocycles. The van der Waals surface area contributed by atoms with E-state index >= 15 is 0 Å². The van der Waals surface area contributed by atoms with Crippen LogP contribution in [-0.2, 0) is 16.1 Å². The van der Waals surface area contributed by atoms with Crippen LogP contribution in [0.3, 0.4) is 0 Å². The summed E-state index contributed by atoms with van der Waals surface area (Å²) in [6, 6.07) is 15.4. The van der Waals surface area contributed by atoms with Crippen LogP contribution in [0.4, 0.5) is 5.69 Å². The van der Waals surface area contributed by atoms with Gasteiger partial charge in [0.05, 0.1) is 7.05 Å². The zero-order chi connectivity index (χ0) is 19.1. The van der Waals surface area contributed by atoms with Crippen molar-refractivity contribution in [2.45, 2.75) is 33.4 Å². The van der Waals surface area contributed by atoms with Gasteiger partial charge in [-0.05, 0) is 43.5 Å². The third-order valence-corrected chi connectivity index (χ3v) is 4.55. The Morgan fingerprint density at radius 1 is 1.08 bits per heavy atom. The fourth-order valence-corrected chi connectivity index (χ4v) is 2.63. The maximum atomic E-state index is 12.3. The van der Waals surface area contributed by atoms with E-state index < -0.39 is 0 Å². The van der Waals surface area contributed by atoms with Gasteiger partial charge in [0, 0.05) is 12.2 Å². The molecular formula is C21H28N3O2+. The summed E-state index contributed by atoms with van der Waals surface area (Å²) in [6.45, 7) is 6.51. The number of nitrogens with one attached hydrogen (secondary N) is 3. The number of benzene rings is 2. The first-order valence-electron chi connectivity index (χ1n) is 8.88. The zero-order valence-corrected chi connectivity index (χ0v) is 15.9. The standard InChI is InChI=1S/C21H27N3O2/c1-15-10-11-16(2)19(12-15)23-20(25)14-24(4)17(3)21(26)22-13-18-8-6-5-7-9-18/h5-12,17H,13-14H2,1-4H3,(H,22,26)(H,23,25)/p+1/t17-/m1/s1. The number of amides is 2. The molecule has 1 unspecified atom stereocenters. The molecule has 2 atom stereocenters. The lowest BCUT2D eigenvalue weighted by molar-refractivity contribution is -0.885. The molecule has 0 bridgehead atoms. The summed E-state index contributed by atoms with van der Waals surface area (Å²) in [6.07, 6.45) is 0. The molecule has 0 spiro atoms. The first kappa shape index (κ1) is 19.7. The maximum Gasteiger partial charge on any atom is 0.279 e. The van der Waals surface area contributed by atoms with Gasteiger partial charge in [-0.25, -0.2) is 0 Å². The second kappa shape index (κ2) is 9.15. The average Bonchev–Trinajstić information content (AvgIpc) is 2.62. The molecule has 0 fully saturated rings. The van der Waals surface area contributed by atoms with Crippen molar-refractivity contribution in [3.63, 3.8) is 0 Å². The molecule has 26 heavy (non-hydrogen) atoms. The number of aryl methyl sites for hydroxylation is 2. The minimum atomic E-state index is -0.317. The van der Waals surface area contributed by atoms with E-state index in [1.165, 1.54) is 0 Å². The maximum absolute atomic E-state index is 12.3. The molecule has 2 aromatic carbocycles. The van der Waals surface area contributed by atoms with Crippen LogP contribution in [0, 0.1) is 13.8 Å². The Hall–Kier alpha value is -2.66. The van der Waals surface area contributed by atoms with Gasteiger partial charge in [0.25, 0.3) is 11.8 Å². The van der Waals surface area contributed by atoms with Crippen LogP contribution in [0.2, 0.25) is 0 Å². The highest BCUT2D eigenvalue weighted by molar-refractivity contribution is 5.92. The summed E-state index contributed by atoms with van der Waals surface area (Å²) in [5.74, 6) is -0.162.